The summed E-state index contributed by atoms with van der Waals surface area (Å²) in [5.41, 5.74) is -0.554. The molecule has 272 valence electrons. The number of amides is 1. The monoisotopic (exact) mass is 723 g/mol. The van der Waals surface area contributed by atoms with Crippen LogP contribution in [0.1, 0.15) is 51.9 Å². The van der Waals surface area contributed by atoms with Crippen molar-refractivity contribution in [3.8, 4) is 28.8 Å². The molecule has 11 nitrogen and oxygen atoms in total. The number of benzene rings is 3. The van der Waals surface area contributed by atoms with Gasteiger partial charge in [0.2, 0.25) is 0 Å². The van der Waals surface area contributed by atoms with E-state index in [-0.39, 0.29) is 28.9 Å². The molecule has 0 radical (unpaired) electrons. The average molecular weight is 724 g/mol. The van der Waals surface area contributed by atoms with Crippen molar-refractivity contribution in [3.05, 3.63) is 142 Å². The number of rotatable bonds is 8. The van der Waals surface area contributed by atoms with Crippen molar-refractivity contribution >= 4 is 5.91 Å². The predicted octanol–water partition coefficient (Wildman–Crippen LogP) is 6.48. The summed E-state index contributed by atoms with van der Waals surface area (Å²) < 4.78 is 51.4. The number of hydrogen-bond acceptors (Lipinski definition) is 6. The van der Waals surface area contributed by atoms with Crippen LogP contribution in [-0.4, -0.2) is 61.7 Å². The highest BCUT2D eigenvalue weighted by Crippen LogP contribution is 2.37. The topological polar surface area (TPSA) is 124 Å². The summed E-state index contributed by atoms with van der Waals surface area (Å²) in [4.78, 5) is 32.4. The van der Waals surface area contributed by atoms with Crippen LogP contribution in [0.3, 0.4) is 0 Å². The molecule has 3 heterocycles. The zero-order chi connectivity index (χ0) is 37.9. The van der Waals surface area contributed by atoms with E-state index in [4.69, 9.17) is 4.42 Å². The number of carbonyl (C=O) groups is 1. The molecular formula is C39H38F3N8O3+. The molecule has 0 spiro atoms. The van der Waals surface area contributed by atoms with E-state index in [0.29, 0.717) is 46.7 Å². The first-order valence-corrected chi connectivity index (χ1v) is 16.8. The lowest BCUT2D eigenvalue weighted by Gasteiger charge is -2.33. The van der Waals surface area contributed by atoms with Crippen molar-refractivity contribution in [2.45, 2.75) is 37.5 Å². The van der Waals surface area contributed by atoms with Crippen molar-refractivity contribution in [2.75, 3.05) is 21.1 Å². The molecule has 1 N–H and O–H groups in total. The molecule has 1 aliphatic rings. The Balaban J connectivity index is 0.000000729. The Morgan fingerprint density at radius 3 is 2.25 bits per heavy atom. The summed E-state index contributed by atoms with van der Waals surface area (Å²) in [6, 6.07) is 26.3. The Kier molecular flexibility index (Phi) is 10.2. The van der Waals surface area contributed by atoms with Crippen LogP contribution >= 0.6 is 0 Å². The van der Waals surface area contributed by atoms with Crippen LogP contribution in [-0.2, 0) is 19.8 Å². The second kappa shape index (κ2) is 14.8. The number of halogens is 3. The Morgan fingerprint density at radius 2 is 1.64 bits per heavy atom. The largest absolute Gasteiger partial charge is 0.439 e. The molecule has 6 aromatic rings. The van der Waals surface area contributed by atoms with Crippen LogP contribution in [0.5, 0.6) is 0 Å². The number of aromatic nitrogens is 5. The van der Waals surface area contributed by atoms with Crippen molar-refractivity contribution in [3.63, 3.8) is 0 Å². The molecule has 3 aromatic heterocycles. The second-order valence-electron chi connectivity index (χ2n) is 13.8. The van der Waals surface area contributed by atoms with Crippen molar-refractivity contribution in [1.29, 1.82) is 5.26 Å². The first-order chi connectivity index (χ1) is 25.2. The predicted molar refractivity (Wildman–Crippen MR) is 191 cm³/mol. The van der Waals surface area contributed by atoms with E-state index in [1.54, 1.807) is 36.5 Å². The molecule has 0 aliphatic heterocycles. The maximum absolute atomic E-state index is 14.0. The highest BCUT2D eigenvalue weighted by molar-refractivity contribution is 6.00. The fourth-order valence-electron chi connectivity index (χ4n) is 6.21. The molecule has 1 saturated carbocycles. The summed E-state index contributed by atoms with van der Waals surface area (Å²) in [7, 11) is 7.65. The van der Waals surface area contributed by atoms with Crippen molar-refractivity contribution in [2.24, 2.45) is 7.05 Å². The van der Waals surface area contributed by atoms with Gasteiger partial charge >= 0.3 is 6.18 Å². The lowest BCUT2D eigenvalue weighted by molar-refractivity contribution is -0.884. The van der Waals surface area contributed by atoms with Crippen LogP contribution in [0.4, 0.5) is 13.2 Å². The lowest BCUT2D eigenvalue weighted by Crippen LogP contribution is -2.44. The maximum Gasteiger partial charge on any atom is 0.416 e. The van der Waals surface area contributed by atoms with Gasteiger partial charge in [-0.05, 0) is 61.4 Å². The van der Waals surface area contributed by atoms with Crippen LogP contribution in [0, 0.1) is 11.3 Å². The van der Waals surface area contributed by atoms with Gasteiger partial charge in [0.15, 0.2) is 11.7 Å². The van der Waals surface area contributed by atoms with Gasteiger partial charge in [-0.2, -0.15) is 23.5 Å². The van der Waals surface area contributed by atoms with Gasteiger partial charge in [-0.3, -0.25) is 14.3 Å². The Hall–Kier alpha value is -6.20. The standard InChI is InChI=1S/C33H31F3N8O3.C6H6/c1-41-29(27-12-13-39-42(27)24-10-8-20(17-37)9-11-24)28(32(46)43(41)25-7-5-6-22(16-25)33(34,35)36)30(45)40-23-14-21(15-23)31-38-18-26(47-31)19-44(2,3)4;1-2-4-6-5-3-1/h5-13,16,18,21,23H,14-15,19H2,1-4H3;1-6H/p+1/t21-,23-;. The van der Waals surface area contributed by atoms with Crippen molar-refractivity contribution < 1.29 is 26.9 Å². The van der Waals surface area contributed by atoms with Crippen LogP contribution in [0.2, 0.25) is 0 Å². The molecule has 1 amide bonds. The minimum absolute atomic E-state index is 0.00339. The van der Waals surface area contributed by atoms with E-state index in [2.05, 4.69) is 21.5 Å². The molecular weight excluding hydrogens is 685 g/mol. The summed E-state index contributed by atoms with van der Waals surface area (Å²) in [5, 5.41) is 16.5. The highest BCUT2D eigenvalue weighted by atomic mass is 19.4. The fraction of sp³-hybridized carbons (Fsp3) is 0.256. The summed E-state index contributed by atoms with van der Waals surface area (Å²) in [6.07, 6.45) is -0.347. The fourth-order valence-corrected chi connectivity index (χ4v) is 6.21. The molecule has 3 aromatic carbocycles. The molecule has 1 aliphatic carbocycles. The Labute approximate surface area is 303 Å². The number of quaternary nitrogens is 1. The zero-order valence-electron chi connectivity index (χ0n) is 29.6. The van der Waals surface area contributed by atoms with E-state index in [0.717, 1.165) is 22.6 Å². The van der Waals surface area contributed by atoms with Gasteiger partial charge in [0.05, 0.1) is 67.8 Å². The summed E-state index contributed by atoms with van der Waals surface area (Å²) in [5.74, 6) is 0.692. The van der Waals surface area contributed by atoms with Gasteiger partial charge in [0, 0.05) is 19.0 Å². The Morgan fingerprint density at radius 1 is 0.981 bits per heavy atom. The quantitative estimate of drug-likeness (QED) is 0.180. The Bertz CT molecular complexity index is 2270. The molecule has 14 heteroatoms. The number of nitrogens with one attached hydrogen (secondary N) is 1. The lowest BCUT2D eigenvalue weighted by atomic mass is 9.80. The average Bonchev–Trinajstić information content (AvgIpc) is 3.84. The highest BCUT2D eigenvalue weighted by Gasteiger charge is 2.37. The van der Waals surface area contributed by atoms with E-state index in [9.17, 15) is 28.0 Å². The molecule has 1 fully saturated rings. The zero-order valence-corrected chi connectivity index (χ0v) is 29.6. The number of oxazole rings is 1. The molecule has 7 rings (SSSR count). The third-order valence-electron chi connectivity index (χ3n) is 8.73. The minimum atomic E-state index is -4.64. The third kappa shape index (κ3) is 8.15. The first kappa shape index (κ1) is 36.6. The molecule has 0 unspecified atom stereocenters. The smallest absolute Gasteiger partial charge is 0.416 e. The maximum atomic E-state index is 14.0. The normalized spacial score (nSPS) is 15.5. The van der Waals surface area contributed by atoms with Gasteiger partial charge < -0.3 is 14.2 Å². The molecule has 53 heavy (non-hydrogen) atoms. The SMILES string of the molecule is Cn1c(-c2ccnn2-c2ccc(C#N)cc2)c(C(=O)N[C@H]2C[C@H](c3ncc(C[N+](C)(C)C)o3)C2)c(=O)n1-c1cccc(C(F)(F)F)c1.c1ccccc1. The summed E-state index contributed by atoms with van der Waals surface area (Å²) in [6.45, 7) is 0.674. The molecule has 0 bridgehead atoms. The van der Waals surface area contributed by atoms with Gasteiger partial charge in [-0.1, -0.05) is 42.5 Å². The second-order valence-corrected chi connectivity index (χ2v) is 13.8. The molecule has 0 saturated heterocycles. The number of nitrogens with zero attached hydrogens (tertiary/aromatic N) is 7. The number of alkyl halides is 3. The van der Waals surface area contributed by atoms with Gasteiger partial charge in [-0.15, -0.1) is 0 Å². The first-order valence-electron chi connectivity index (χ1n) is 16.8. The van der Waals surface area contributed by atoms with Gasteiger partial charge in [0.25, 0.3) is 11.5 Å². The summed E-state index contributed by atoms with van der Waals surface area (Å²) >= 11 is 0. The van der Waals surface area contributed by atoms with Crippen molar-refractivity contribution in [1.82, 2.24) is 29.4 Å². The number of carbonyl (C=O) groups excluding carboxylic acids is 1. The van der Waals surface area contributed by atoms with Crippen LogP contribution in [0.15, 0.2) is 113 Å². The van der Waals surface area contributed by atoms with E-state index >= 15 is 0 Å². The third-order valence-corrected chi connectivity index (χ3v) is 8.73. The van der Waals surface area contributed by atoms with Crippen LogP contribution < -0.4 is 10.9 Å². The van der Waals surface area contributed by atoms with Crippen LogP contribution in [0.25, 0.3) is 22.8 Å². The molecule has 0 atom stereocenters. The van der Waals surface area contributed by atoms with Gasteiger partial charge in [-0.25, -0.2) is 14.3 Å². The van der Waals surface area contributed by atoms with E-state index < -0.39 is 23.2 Å². The van der Waals surface area contributed by atoms with Gasteiger partial charge in [0.1, 0.15) is 17.8 Å². The minimum Gasteiger partial charge on any atom is -0.439 e. The number of nitriles is 1. The number of hydrogen-bond donors (Lipinski definition) is 1. The van der Waals surface area contributed by atoms with E-state index in [1.165, 1.54) is 34.7 Å². The van der Waals surface area contributed by atoms with E-state index in [1.807, 2.05) is 57.5 Å².